The fourth-order valence-electron chi connectivity index (χ4n) is 1.68. The van der Waals surface area contributed by atoms with Crippen LogP contribution in [-0.4, -0.2) is 0 Å². The first kappa shape index (κ1) is 13.6. The molecule has 0 amide bonds. The van der Waals surface area contributed by atoms with Crippen LogP contribution in [0.4, 0.5) is 8.78 Å². The van der Waals surface area contributed by atoms with Crippen molar-refractivity contribution in [1.82, 2.24) is 0 Å². The monoisotopic (exact) mass is 375 g/mol. The molecule has 2 rings (SSSR count). The second-order valence-electron chi connectivity index (χ2n) is 3.79. The molecule has 0 saturated carbocycles. The molecule has 0 radical (unpaired) electrons. The second-order valence-corrected chi connectivity index (χ2v) is 5.50. The lowest BCUT2D eigenvalue weighted by Crippen LogP contribution is -2.14. The summed E-state index contributed by atoms with van der Waals surface area (Å²) in [5.74, 6) is -0.833. The van der Waals surface area contributed by atoms with Crippen molar-refractivity contribution >= 4 is 31.9 Å². The highest BCUT2D eigenvalue weighted by molar-refractivity contribution is 9.10. The third kappa shape index (κ3) is 2.63. The van der Waals surface area contributed by atoms with Crippen molar-refractivity contribution in [3.63, 3.8) is 0 Å². The molecule has 0 heterocycles. The van der Waals surface area contributed by atoms with Crippen LogP contribution in [0.1, 0.15) is 17.2 Å². The van der Waals surface area contributed by atoms with Gasteiger partial charge in [-0.05, 0) is 45.8 Å². The zero-order valence-corrected chi connectivity index (χ0v) is 12.3. The average molecular weight is 377 g/mol. The number of hydrogen-bond acceptors (Lipinski definition) is 1. The van der Waals surface area contributed by atoms with Crippen LogP contribution < -0.4 is 5.73 Å². The van der Waals surface area contributed by atoms with Gasteiger partial charge in [-0.2, -0.15) is 0 Å². The van der Waals surface area contributed by atoms with Gasteiger partial charge in [0.15, 0.2) is 0 Å². The molecule has 2 N–H and O–H groups in total. The molecule has 0 fully saturated rings. The highest BCUT2D eigenvalue weighted by Crippen LogP contribution is 2.31. The topological polar surface area (TPSA) is 26.0 Å². The highest BCUT2D eigenvalue weighted by Gasteiger charge is 2.18. The Labute approximate surface area is 120 Å². The van der Waals surface area contributed by atoms with Gasteiger partial charge in [0, 0.05) is 10.0 Å². The van der Waals surface area contributed by atoms with Crippen LogP contribution in [0.3, 0.4) is 0 Å². The Morgan fingerprint density at radius 2 is 1.67 bits per heavy atom. The summed E-state index contributed by atoms with van der Waals surface area (Å²) >= 11 is 6.39. The van der Waals surface area contributed by atoms with E-state index in [1.807, 2.05) is 0 Å². The summed E-state index contributed by atoms with van der Waals surface area (Å²) in [7, 11) is 0. The smallest absolute Gasteiger partial charge is 0.142 e. The Morgan fingerprint density at radius 3 is 2.39 bits per heavy atom. The van der Waals surface area contributed by atoms with E-state index in [4.69, 9.17) is 5.73 Å². The lowest BCUT2D eigenvalue weighted by molar-refractivity contribution is 0.589. The average Bonchev–Trinajstić information content (AvgIpc) is 2.35. The minimum Gasteiger partial charge on any atom is -0.320 e. The van der Waals surface area contributed by atoms with Gasteiger partial charge in [-0.1, -0.05) is 28.1 Å². The molecule has 0 aliphatic carbocycles. The molecular formula is C13H9Br2F2N. The highest BCUT2D eigenvalue weighted by atomic mass is 79.9. The number of rotatable bonds is 2. The SMILES string of the molecule is NC(c1cc(F)ccc1Br)c1cccc(Br)c1F. The molecule has 5 heteroatoms. The van der Waals surface area contributed by atoms with Gasteiger partial charge in [0.1, 0.15) is 11.6 Å². The van der Waals surface area contributed by atoms with E-state index in [9.17, 15) is 8.78 Å². The first-order chi connectivity index (χ1) is 8.50. The summed E-state index contributed by atoms with van der Waals surface area (Å²) in [5.41, 5.74) is 6.82. The van der Waals surface area contributed by atoms with Gasteiger partial charge in [0.05, 0.1) is 10.5 Å². The van der Waals surface area contributed by atoms with Crippen LogP contribution in [-0.2, 0) is 0 Å². The van der Waals surface area contributed by atoms with Crippen LogP contribution in [0.15, 0.2) is 45.3 Å². The molecule has 0 bridgehead atoms. The van der Waals surface area contributed by atoms with Gasteiger partial charge < -0.3 is 5.73 Å². The normalized spacial score (nSPS) is 12.5. The number of halogens is 4. The molecule has 94 valence electrons. The Morgan fingerprint density at radius 1 is 0.944 bits per heavy atom. The van der Waals surface area contributed by atoms with Gasteiger partial charge >= 0.3 is 0 Å². The second kappa shape index (κ2) is 5.47. The summed E-state index contributed by atoms with van der Waals surface area (Å²) < 4.78 is 28.1. The lowest BCUT2D eigenvalue weighted by atomic mass is 9.99. The van der Waals surface area contributed by atoms with Gasteiger partial charge in [-0.25, -0.2) is 8.78 Å². The van der Waals surface area contributed by atoms with Crippen molar-refractivity contribution in [2.45, 2.75) is 6.04 Å². The predicted molar refractivity (Wildman–Crippen MR) is 74.2 cm³/mol. The van der Waals surface area contributed by atoms with E-state index in [0.29, 0.717) is 20.1 Å². The molecule has 0 aliphatic heterocycles. The van der Waals surface area contributed by atoms with Gasteiger partial charge in [0.2, 0.25) is 0 Å². The number of benzene rings is 2. The molecule has 0 aliphatic rings. The predicted octanol–water partition coefficient (Wildman–Crippen LogP) is 4.54. The molecule has 0 spiro atoms. The summed E-state index contributed by atoms with van der Waals surface area (Å²) in [4.78, 5) is 0. The minimum absolute atomic E-state index is 0.315. The maximum absolute atomic E-state index is 13.9. The summed E-state index contributed by atoms with van der Waals surface area (Å²) in [6.07, 6.45) is 0. The van der Waals surface area contributed by atoms with Crippen molar-refractivity contribution in [1.29, 1.82) is 0 Å². The molecule has 18 heavy (non-hydrogen) atoms. The molecule has 2 aromatic carbocycles. The van der Waals surface area contributed by atoms with E-state index in [1.165, 1.54) is 12.1 Å². The van der Waals surface area contributed by atoms with Crippen molar-refractivity contribution < 1.29 is 8.78 Å². The van der Waals surface area contributed by atoms with Crippen LogP contribution in [0.2, 0.25) is 0 Å². The fourth-order valence-corrected chi connectivity index (χ4v) is 2.56. The zero-order chi connectivity index (χ0) is 13.3. The third-order valence-corrected chi connectivity index (χ3v) is 3.94. The van der Waals surface area contributed by atoms with Gasteiger partial charge in [0.25, 0.3) is 0 Å². The quantitative estimate of drug-likeness (QED) is 0.818. The van der Waals surface area contributed by atoms with Crippen molar-refractivity contribution in [2.24, 2.45) is 5.73 Å². The Hall–Kier alpha value is -0.780. The third-order valence-electron chi connectivity index (χ3n) is 2.61. The standard InChI is InChI=1S/C13H9Br2F2N/c14-10-5-4-7(16)6-9(10)13(18)8-2-1-3-11(15)12(8)17/h1-6,13H,18H2. The van der Waals surface area contributed by atoms with E-state index < -0.39 is 17.7 Å². The number of hydrogen-bond donors (Lipinski definition) is 1. The van der Waals surface area contributed by atoms with Crippen molar-refractivity contribution in [3.8, 4) is 0 Å². The van der Waals surface area contributed by atoms with Gasteiger partial charge in [-0.15, -0.1) is 0 Å². The van der Waals surface area contributed by atoms with E-state index in [-0.39, 0.29) is 0 Å². The van der Waals surface area contributed by atoms with Crippen LogP contribution in [0.5, 0.6) is 0 Å². The Balaban J connectivity index is 2.51. The first-order valence-electron chi connectivity index (χ1n) is 5.15. The van der Waals surface area contributed by atoms with E-state index in [2.05, 4.69) is 31.9 Å². The molecule has 0 aromatic heterocycles. The molecule has 1 atom stereocenters. The summed E-state index contributed by atoms with van der Waals surface area (Å²) in [6, 6.07) is 8.31. The van der Waals surface area contributed by atoms with E-state index in [1.54, 1.807) is 24.3 Å². The zero-order valence-electron chi connectivity index (χ0n) is 9.13. The van der Waals surface area contributed by atoms with Gasteiger partial charge in [-0.3, -0.25) is 0 Å². The largest absolute Gasteiger partial charge is 0.320 e. The van der Waals surface area contributed by atoms with Crippen LogP contribution in [0.25, 0.3) is 0 Å². The lowest BCUT2D eigenvalue weighted by Gasteiger charge is -2.15. The van der Waals surface area contributed by atoms with Crippen LogP contribution in [0, 0.1) is 11.6 Å². The minimum atomic E-state index is -0.729. The maximum atomic E-state index is 13.9. The van der Waals surface area contributed by atoms with Crippen molar-refractivity contribution in [2.75, 3.05) is 0 Å². The molecule has 1 nitrogen and oxygen atoms in total. The Bertz CT molecular complexity index is 585. The summed E-state index contributed by atoms with van der Waals surface area (Å²) in [6.45, 7) is 0. The molecule has 0 saturated heterocycles. The van der Waals surface area contributed by atoms with E-state index in [0.717, 1.165) is 0 Å². The molecule has 1 unspecified atom stereocenters. The van der Waals surface area contributed by atoms with Crippen molar-refractivity contribution in [3.05, 3.63) is 68.1 Å². The van der Waals surface area contributed by atoms with Crippen LogP contribution >= 0.6 is 31.9 Å². The molecule has 2 aromatic rings. The molecular weight excluding hydrogens is 368 g/mol. The summed E-state index contributed by atoms with van der Waals surface area (Å²) in [5, 5.41) is 0. The Kier molecular flexibility index (Phi) is 4.14. The first-order valence-corrected chi connectivity index (χ1v) is 6.73. The fraction of sp³-hybridized carbons (Fsp3) is 0.0769. The maximum Gasteiger partial charge on any atom is 0.142 e. The van der Waals surface area contributed by atoms with E-state index >= 15 is 0 Å². The number of nitrogens with two attached hydrogens (primary N) is 1.